The molecule has 0 aliphatic heterocycles. The number of ketones is 1. The smallest absolute Gasteiger partial charge is 0.203 e. The van der Waals surface area contributed by atoms with Gasteiger partial charge in [0.1, 0.15) is 0 Å². The Balaban J connectivity index is 1.57. The Kier molecular flexibility index (Phi) is 4.45. The minimum Gasteiger partial charge on any atom is -0.493 e. The van der Waals surface area contributed by atoms with Gasteiger partial charge in [0.15, 0.2) is 17.3 Å². The summed E-state index contributed by atoms with van der Waals surface area (Å²) >= 11 is 0. The predicted molar refractivity (Wildman–Crippen MR) is 101 cm³/mol. The zero-order valence-electron chi connectivity index (χ0n) is 15.9. The molecular weight excluding hydrogens is 328 g/mol. The SMILES string of the molecule is COc1cc(/C=C/C(=O)C23CC4CC(CC(C4)C2)C3)cc(OC)c1OC. The first-order valence-corrected chi connectivity index (χ1v) is 9.59. The summed E-state index contributed by atoms with van der Waals surface area (Å²) in [5.74, 6) is 4.42. The van der Waals surface area contributed by atoms with Gasteiger partial charge in [-0.1, -0.05) is 6.08 Å². The second kappa shape index (κ2) is 6.64. The van der Waals surface area contributed by atoms with E-state index in [4.69, 9.17) is 14.2 Å². The Labute approximate surface area is 155 Å². The van der Waals surface area contributed by atoms with Gasteiger partial charge < -0.3 is 14.2 Å². The number of ether oxygens (including phenoxy) is 3. The maximum Gasteiger partial charge on any atom is 0.203 e. The summed E-state index contributed by atoms with van der Waals surface area (Å²) in [6, 6.07) is 3.76. The summed E-state index contributed by atoms with van der Waals surface area (Å²) in [6.07, 6.45) is 11.0. The number of carbonyl (C=O) groups excluding carboxylic acids is 1. The number of hydrogen-bond acceptors (Lipinski definition) is 4. The minimum atomic E-state index is -0.0914. The van der Waals surface area contributed by atoms with Gasteiger partial charge in [0.2, 0.25) is 5.75 Å². The minimum absolute atomic E-state index is 0.0914. The lowest BCUT2D eigenvalue weighted by Crippen LogP contribution is -2.49. The Bertz CT molecular complexity index is 673. The van der Waals surface area contributed by atoms with Crippen molar-refractivity contribution in [3.05, 3.63) is 23.8 Å². The van der Waals surface area contributed by atoms with Crippen molar-refractivity contribution in [3.8, 4) is 17.2 Å². The Morgan fingerprint density at radius 1 is 0.923 bits per heavy atom. The molecule has 0 atom stereocenters. The molecule has 26 heavy (non-hydrogen) atoms. The number of hydrogen-bond donors (Lipinski definition) is 0. The van der Waals surface area contributed by atoms with Crippen LogP contribution in [0.25, 0.3) is 6.08 Å². The van der Waals surface area contributed by atoms with E-state index in [0.717, 1.165) is 42.6 Å². The molecule has 4 nitrogen and oxygen atoms in total. The molecule has 4 aliphatic carbocycles. The summed E-state index contributed by atoms with van der Waals surface area (Å²) in [5.41, 5.74) is 0.795. The van der Waals surface area contributed by atoms with Gasteiger partial charge in [-0.2, -0.15) is 0 Å². The van der Waals surface area contributed by atoms with E-state index in [1.54, 1.807) is 27.4 Å². The van der Waals surface area contributed by atoms with Crippen molar-refractivity contribution in [3.63, 3.8) is 0 Å². The standard InChI is InChI=1S/C22H28O4/c1-24-18-9-14(10-19(25-2)21(18)26-3)4-5-20(23)22-11-15-6-16(12-22)8-17(7-15)13-22/h4-5,9-10,15-17H,6-8,11-13H2,1-3H3/b5-4+. The molecular formula is C22H28O4. The van der Waals surface area contributed by atoms with Crippen molar-refractivity contribution in [1.29, 1.82) is 0 Å². The van der Waals surface area contributed by atoms with E-state index in [0.29, 0.717) is 23.0 Å². The second-order valence-electron chi connectivity index (χ2n) is 8.35. The van der Waals surface area contributed by atoms with Gasteiger partial charge in [0.05, 0.1) is 21.3 Å². The monoisotopic (exact) mass is 356 g/mol. The fourth-order valence-electron chi connectivity index (χ4n) is 5.96. The maximum atomic E-state index is 13.1. The van der Waals surface area contributed by atoms with Crippen LogP contribution in [-0.2, 0) is 4.79 Å². The van der Waals surface area contributed by atoms with Crippen LogP contribution in [0.1, 0.15) is 44.1 Å². The summed E-state index contributed by atoms with van der Waals surface area (Å²) in [5, 5.41) is 0. The first kappa shape index (κ1) is 17.4. The van der Waals surface area contributed by atoms with Crippen molar-refractivity contribution in [2.24, 2.45) is 23.2 Å². The third-order valence-corrected chi connectivity index (χ3v) is 6.68. The van der Waals surface area contributed by atoms with Crippen LogP contribution in [0, 0.1) is 23.2 Å². The van der Waals surface area contributed by atoms with E-state index in [-0.39, 0.29) is 5.41 Å². The van der Waals surface area contributed by atoms with E-state index in [1.165, 1.54) is 19.3 Å². The second-order valence-corrected chi connectivity index (χ2v) is 8.35. The fourth-order valence-corrected chi connectivity index (χ4v) is 5.96. The molecule has 1 aromatic carbocycles. The quantitative estimate of drug-likeness (QED) is 0.704. The number of benzene rings is 1. The summed E-state index contributed by atoms with van der Waals surface area (Å²) < 4.78 is 16.2. The zero-order chi connectivity index (χ0) is 18.3. The van der Waals surface area contributed by atoms with Gasteiger partial charge in [-0.25, -0.2) is 0 Å². The fraction of sp³-hybridized carbons (Fsp3) is 0.591. The number of rotatable bonds is 6. The van der Waals surface area contributed by atoms with E-state index in [9.17, 15) is 4.79 Å². The Hall–Kier alpha value is -1.97. The Morgan fingerprint density at radius 3 is 1.85 bits per heavy atom. The highest BCUT2D eigenvalue weighted by Gasteiger charge is 2.53. The highest BCUT2D eigenvalue weighted by molar-refractivity contribution is 5.98. The molecule has 4 bridgehead atoms. The van der Waals surface area contributed by atoms with E-state index in [2.05, 4.69) is 0 Å². The summed E-state index contributed by atoms with van der Waals surface area (Å²) in [6.45, 7) is 0. The third-order valence-electron chi connectivity index (χ3n) is 6.68. The molecule has 4 heteroatoms. The molecule has 0 amide bonds. The molecule has 4 aliphatic rings. The van der Waals surface area contributed by atoms with Gasteiger partial charge in [0, 0.05) is 5.41 Å². The highest BCUT2D eigenvalue weighted by atomic mass is 16.5. The van der Waals surface area contributed by atoms with Crippen molar-refractivity contribution < 1.29 is 19.0 Å². The molecule has 140 valence electrons. The van der Waals surface area contributed by atoms with Crippen LogP contribution in [0.3, 0.4) is 0 Å². The summed E-state index contributed by atoms with van der Waals surface area (Å²) in [7, 11) is 4.79. The van der Waals surface area contributed by atoms with Crippen molar-refractivity contribution in [2.75, 3.05) is 21.3 Å². The van der Waals surface area contributed by atoms with Gasteiger partial charge in [0.25, 0.3) is 0 Å². The average molecular weight is 356 g/mol. The molecule has 0 aromatic heterocycles. The molecule has 0 radical (unpaired) electrons. The van der Waals surface area contributed by atoms with Crippen molar-refractivity contribution >= 4 is 11.9 Å². The largest absolute Gasteiger partial charge is 0.493 e. The maximum absolute atomic E-state index is 13.1. The van der Waals surface area contributed by atoms with Crippen LogP contribution in [0.15, 0.2) is 18.2 Å². The van der Waals surface area contributed by atoms with Gasteiger partial charge >= 0.3 is 0 Å². The first-order valence-electron chi connectivity index (χ1n) is 9.59. The Morgan fingerprint density at radius 2 is 1.42 bits per heavy atom. The molecule has 5 rings (SSSR count). The van der Waals surface area contributed by atoms with Crippen molar-refractivity contribution in [1.82, 2.24) is 0 Å². The molecule has 0 heterocycles. The van der Waals surface area contributed by atoms with E-state index in [1.807, 2.05) is 18.2 Å². The number of allylic oxidation sites excluding steroid dienone is 1. The molecule has 0 unspecified atom stereocenters. The van der Waals surface area contributed by atoms with Crippen LogP contribution >= 0.6 is 0 Å². The lowest BCUT2D eigenvalue weighted by atomic mass is 9.48. The summed E-state index contributed by atoms with van der Waals surface area (Å²) in [4.78, 5) is 13.1. The zero-order valence-corrected chi connectivity index (χ0v) is 15.9. The van der Waals surface area contributed by atoms with Gasteiger partial charge in [-0.15, -0.1) is 0 Å². The van der Waals surface area contributed by atoms with E-state index >= 15 is 0 Å². The van der Waals surface area contributed by atoms with Crippen LogP contribution in [0.2, 0.25) is 0 Å². The molecule has 4 saturated carbocycles. The third kappa shape index (κ3) is 2.89. The topological polar surface area (TPSA) is 44.8 Å². The number of methoxy groups -OCH3 is 3. The predicted octanol–water partition coefficient (Wildman–Crippen LogP) is 4.51. The first-order chi connectivity index (χ1) is 12.6. The van der Waals surface area contributed by atoms with Crippen LogP contribution < -0.4 is 14.2 Å². The normalized spacial score (nSPS) is 32.0. The molecule has 0 saturated heterocycles. The molecule has 0 spiro atoms. The molecule has 0 N–H and O–H groups in total. The van der Waals surface area contributed by atoms with Crippen LogP contribution in [-0.4, -0.2) is 27.1 Å². The average Bonchev–Trinajstić information content (AvgIpc) is 2.63. The molecule has 4 fully saturated rings. The van der Waals surface area contributed by atoms with Gasteiger partial charge in [-0.05, 0) is 80.1 Å². The van der Waals surface area contributed by atoms with Crippen molar-refractivity contribution in [2.45, 2.75) is 38.5 Å². The lowest BCUT2D eigenvalue weighted by Gasteiger charge is -2.55. The highest BCUT2D eigenvalue weighted by Crippen LogP contribution is 2.60. The van der Waals surface area contributed by atoms with Crippen LogP contribution in [0.4, 0.5) is 0 Å². The van der Waals surface area contributed by atoms with Gasteiger partial charge in [-0.3, -0.25) is 4.79 Å². The van der Waals surface area contributed by atoms with E-state index < -0.39 is 0 Å². The lowest BCUT2D eigenvalue weighted by molar-refractivity contribution is -0.138. The molecule has 1 aromatic rings. The number of carbonyl (C=O) groups is 1. The van der Waals surface area contributed by atoms with Crippen LogP contribution in [0.5, 0.6) is 17.2 Å².